The number of thiazole rings is 1. The van der Waals surface area contributed by atoms with Crippen molar-refractivity contribution in [3.05, 3.63) is 88.2 Å². The maximum absolute atomic E-state index is 12.8. The molecule has 0 radical (unpaired) electrons. The summed E-state index contributed by atoms with van der Waals surface area (Å²) in [6.45, 7) is 0. The number of hydrogen-bond acceptors (Lipinski definition) is 6. The van der Waals surface area contributed by atoms with Crippen LogP contribution in [0.2, 0.25) is 0 Å². The minimum atomic E-state index is -0.474. The van der Waals surface area contributed by atoms with E-state index in [0.717, 1.165) is 10.2 Å². The van der Waals surface area contributed by atoms with Crippen LogP contribution in [0.4, 0.5) is 5.69 Å². The van der Waals surface area contributed by atoms with Crippen LogP contribution < -0.4 is 10.9 Å². The normalized spacial score (nSPS) is 11.0. The molecule has 5 aromatic rings. The number of benzene rings is 3. The Hall–Kier alpha value is -3.84. The molecular weight excluding hydrogens is 386 g/mol. The number of fused-ring (bicyclic) bond motifs is 2. The van der Waals surface area contributed by atoms with Crippen molar-refractivity contribution >= 4 is 44.1 Å². The average molecular weight is 399 g/mol. The number of rotatable bonds is 3. The summed E-state index contributed by atoms with van der Waals surface area (Å²) in [6, 6.07) is 21.6. The third kappa shape index (κ3) is 3.17. The van der Waals surface area contributed by atoms with Crippen molar-refractivity contribution < 1.29 is 9.21 Å². The SMILES string of the molecule is O=C(Nc1ccccc1-c1nc2ccccc2c(=O)o1)c1nc2ccccc2s1. The van der Waals surface area contributed by atoms with E-state index in [-0.39, 0.29) is 11.8 Å². The van der Waals surface area contributed by atoms with Gasteiger partial charge in [0.25, 0.3) is 5.91 Å². The van der Waals surface area contributed by atoms with Crippen molar-refractivity contribution in [1.29, 1.82) is 0 Å². The van der Waals surface area contributed by atoms with Crippen LogP contribution in [0.1, 0.15) is 9.80 Å². The second-order valence-electron chi connectivity index (χ2n) is 6.31. The molecule has 6 nitrogen and oxygen atoms in total. The Kier molecular flexibility index (Phi) is 4.14. The number of aromatic nitrogens is 2. The molecule has 140 valence electrons. The fraction of sp³-hybridized carbons (Fsp3) is 0. The van der Waals surface area contributed by atoms with Crippen LogP contribution in [0.15, 0.2) is 82.0 Å². The van der Waals surface area contributed by atoms with Crippen LogP contribution in [0.25, 0.3) is 32.6 Å². The van der Waals surface area contributed by atoms with E-state index in [2.05, 4.69) is 15.3 Å². The monoisotopic (exact) mass is 399 g/mol. The van der Waals surface area contributed by atoms with Crippen LogP contribution in [0, 0.1) is 0 Å². The lowest BCUT2D eigenvalue weighted by Crippen LogP contribution is -2.12. The molecule has 0 unspecified atom stereocenters. The summed E-state index contributed by atoms with van der Waals surface area (Å²) in [5.41, 5.74) is 1.84. The van der Waals surface area contributed by atoms with Crippen molar-refractivity contribution in [1.82, 2.24) is 9.97 Å². The van der Waals surface area contributed by atoms with Gasteiger partial charge in [-0.25, -0.2) is 14.8 Å². The molecule has 0 spiro atoms. The maximum atomic E-state index is 12.8. The Balaban J connectivity index is 1.54. The number of carbonyl (C=O) groups excluding carboxylic acids is 1. The smallest absolute Gasteiger partial charge is 0.347 e. The number of nitrogens with one attached hydrogen (secondary N) is 1. The van der Waals surface area contributed by atoms with Gasteiger partial charge >= 0.3 is 5.63 Å². The summed E-state index contributed by atoms with van der Waals surface area (Å²) < 4.78 is 6.36. The molecule has 0 fully saturated rings. The van der Waals surface area contributed by atoms with Gasteiger partial charge in [-0.1, -0.05) is 36.4 Å². The Morgan fingerprint density at radius 2 is 1.59 bits per heavy atom. The number of carbonyl (C=O) groups is 1. The quantitative estimate of drug-likeness (QED) is 0.475. The molecule has 5 rings (SSSR count). The molecule has 1 N–H and O–H groups in total. The highest BCUT2D eigenvalue weighted by atomic mass is 32.1. The van der Waals surface area contributed by atoms with E-state index in [9.17, 15) is 9.59 Å². The highest BCUT2D eigenvalue weighted by molar-refractivity contribution is 7.20. The molecule has 0 atom stereocenters. The van der Waals surface area contributed by atoms with Gasteiger partial charge in [-0.2, -0.15) is 0 Å². The zero-order chi connectivity index (χ0) is 19.8. The second-order valence-corrected chi connectivity index (χ2v) is 7.34. The van der Waals surface area contributed by atoms with E-state index in [1.165, 1.54) is 11.3 Å². The van der Waals surface area contributed by atoms with E-state index >= 15 is 0 Å². The van der Waals surface area contributed by atoms with Crippen molar-refractivity contribution in [2.45, 2.75) is 0 Å². The molecule has 0 bridgehead atoms. The number of nitrogens with zero attached hydrogens (tertiary/aromatic N) is 2. The van der Waals surface area contributed by atoms with Crippen molar-refractivity contribution in [2.24, 2.45) is 0 Å². The number of para-hydroxylation sites is 3. The Labute approximate surface area is 168 Å². The van der Waals surface area contributed by atoms with Crippen LogP contribution >= 0.6 is 11.3 Å². The van der Waals surface area contributed by atoms with E-state index < -0.39 is 5.63 Å². The van der Waals surface area contributed by atoms with E-state index in [1.54, 1.807) is 48.5 Å². The van der Waals surface area contributed by atoms with Crippen LogP contribution in [-0.2, 0) is 0 Å². The molecule has 1 amide bonds. The minimum Gasteiger partial charge on any atom is -0.403 e. The van der Waals surface area contributed by atoms with Crippen LogP contribution in [-0.4, -0.2) is 15.9 Å². The zero-order valence-electron chi connectivity index (χ0n) is 15.0. The van der Waals surface area contributed by atoms with E-state index in [1.807, 2.05) is 24.3 Å². The highest BCUT2D eigenvalue weighted by Crippen LogP contribution is 2.28. The van der Waals surface area contributed by atoms with Gasteiger partial charge in [0, 0.05) is 0 Å². The van der Waals surface area contributed by atoms with Gasteiger partial charge in [0.1, 0.15) is 0 Å². The molecular formula is C22H13N3O3S. The van der Waals surface area contributed by atoms with Crippen molar-refractivity contribution in [2.75, 3.05) is 5.32 Å². The van der Waals surface area contributed by atoms with E-state index in [4.69, 9.17) is 4.42 Å². The first-order valence-corrected chi connectivity index (χ1v) is 9.67. The number of amides is 1. The third-order valence-electron chi connectivity index (χ3n) is 4.43. The molecule has 29 heavy (non-hydrogen) atoms. The molecule has 7 heteroatoms. The van der Waals surface area contributed by atoms with Gasteiger partial charge in [-0.05, 0) is 36.4 Å². The van der Waals surface area contributed by atoms with Crippen molar-refractivity contribution in [3.63, 3.8) is 0 Å². The lowest BCUT2D eigenvalue weighted by atomic mass is 10.1. The number of hydrogen-bond donors (Lipinski definition) is 1. The van der Waals surface area contributed by atoms with Gasteiger partial charge in [0.2, 0.25) is 5.89 Å². The summed E-state index contributed by atoms with van der Waals surface area (Å²) in [4.78, 5) is 33.9. The Bertz CT molecular complexity index is 1410. The summed E-state index contributed by atoms with van der Waals surface area (Å²) in [5.74, 6) is -0.185. The minimum absolute atomic E-state index is 0.147. The standard InChI is InChI=1S/C22H13N3O3S/c26-19(21-25-17-11-5-6-12-18(17)29-21)23-15-9-3-1-7-13(15)20-24-16-10-4-2-8-14(16)22(27)28-20/h1-12H,(H,23,26). The fourth-order valence-electron chi connectivity index (χ4n) is 3.06. The molecule has 3 aromatic carbocycles. The van der Waals surface area contributed by atoms with Gasteiger partial charge in [-0.3, -0.25) is 4.79 Å². The first-order chi connectivity index (χ1) is 14.2. The average Bonchev–Trinajstić information content (AvgIpc) is 3.19. The first-order valence-electron chi connectivity index (χ1n) is 8.85. The fourth-order valence-corrected chi connectivity index (χ4v) is 3.92. The van der Waals surface area contributed by atoms with Crippen molar-refractivity contribution in [3.8, 4) is 11.5 Å². The predicted molar refractivity (Wildman–Crippen MR) is 113 cm³/mol. The third-order valence-corrected chi connectivity index (χ3v) is 5.46. The van der Waals surface area contributed by atoms with E-state index in [0.29, 0.717) is 27.2 Å². The highest BCUT2D eigenvalue weighted by Gasteiger charge is 2.17. The van der Waals surface area contributed by atoms with Crippen LogP contribution in [0.5, 0.6) is 0 Å². The van der Waals surface area contributed by atoms with Gasteiger partial charge in [0.15, 0.2) is 5.01 Å². The zero-order valence-corrected chi connectivity index (χ0v) is 15.8. The van der Waals surface area contributed by atoms with Gasteiger partial charge in [-0.15, -0.1) is 11.3 Å². The number of anilines is 1. The van der Waals surface area contributed by atoms with Crippen LogP contribution in [0.3, 0.4) is 0 Å². The molecule has 0 saturated heterocycles. The Morgan fingerprint density at radius 1 is 0.862 bits per heavy atom. The largest absolute Gasteiger partial charge is 0.403 e. The summed E-state index contributed by atoms with van der Waals surface area (Å²) in [7, 11) is 0. The molecule has 0 aliphatic carbocycles. The second kappa shape index (κ2) is 6.96. The molecule has 0 aliphatic rings. The molecule has 0 saturated carbocycles. The lowest BCUT2D eigenvalue weighted by molar-refractivity contribution is 0.102. The molecule has 0 aliphatic heterocycles. The Morgan fingerprint density at radius 3 is 2.45 bits per heavy atom. The topological polar surface area (TPSA) is 85.1 Å². The molecule has 2 heterocycles. The maximum Gasteiger partial charge on any atom is 0.347 e. The van der Waals surface area contributed by atoms with Gasteiger partial charge in [0.05, 0.1) is 32.4 Å². The molecule has 2 aromatic heterocycles. The summed E-state index contributed by atoms with van der Waals surface area (Å²) >= 11 is 1.32. The summed E-state index contributed by atoms with van der Waals surface area (Å²) in [5, 5.41) is 3.63. The first kappa shape index (κ1) is 17.3. The lowest BCUT2D eigenvalue weighted by Gasteiger charge is -2.09. The van der Waals surface area contributed by atoms with Gasteiger partial charge < -0.3 is 9.73 Å². The summed E-state index contributed by atoms with van der Waals surface area (Å²) in [6.07, 6.45) is 0. The predicted octanol–water partition coefficient (Wildman–Crippen LogP) is 4.72.